The van der Waals surface area contributed by atoms with Crippen LogP contribution in [-0.4, -0.2) is 22.2 Å². The summed E-state index contributed by atoms with van der Waals surface area (Å²) < 4.78 is 1.98. The van der Waals surface area contributed by atoms with Crippen molar-refractivity contribution in [2.45, 2.75) is 45.1 Å². The molecule has 0 fully saturated rings. The molecular weight excluding hydrogens is 288 g/mol. The fraction of sp³-hybridized carbons (Fsp3) is 0.444. The monoisotopic (exact) mass is 312 g/mol. The van der Waals surface area contributed by atoms with Gasteiger partial charge in [0.1, 0.15) is 5.82 Å². The summed E-state index contributed by atoms with van der Waals surface area (Å²) in [6.07, 6.45) is 6.28. The van der Waals surface area contributed by atoms with Gasteiger partial charge >= 0.3 is 0 Å². The fourth-order valence-electron chi connectivity index (χ4n) is 3.28. The summed E-state index contributed by atoms with van der Waals surface area (Å²) in [5.41, 5.74) is 9.18. The molecule has 1 unspecified atom stereocenters. The number of fused-ring (bicyclic) bond motifs is 1. The number of aryl methyl sites for hydroxylation is 2. The molecule has 3 N–H and O–H groups in total. The summed E-state index contributed by atoms with van der Waals surface area (Å²) in [4.78, 5) is 12.1. The molecule has 0 radical (unpaired) electrons. The van der Waals surface area contributed by atoms with E-state index in [1.165, 1.54) is 11.1 Å². The second kappa shape index (κ2) is 6.96. The summed E-state index contributed by atoms with van der Waals surface area (Å²) in [5, 5.41) is 7.58. The summed E-state index contributed by atoms with van der Waals surface area (Å²) in [7, 11) is 0. The lowest BCUT2D eigenvalue weighted by atomic mass is 9.88. The lowest BCUT2D eigenvalue weighted by molar-refractivity contribution is -0.116. The van der Waals surface area contributed by atoms with E-state index in [9.17, 15) is 4.79 Å². The third-order valence-electron chi connectivity index (χ3n) is 4.48. The van der Waals surface area contributed by atoms with Gasteiger partial charge in [0.15, 0.2) is 0 Å². The molecule has 2 aromatic rings. The van der Waals surface area contributed by atoms with Crippen molar-refractivity contribution in [3.8, 4) is 0 Å². The summed E-state index contributed by atoms with van der Waals surface area (Å²) in [6.45, 7) is 2.51. The number of aromatic nitrogens is 2. The lowest BCUT2D eigenvalue weighted by Crippen LogP contribution is -2.23. The third-order valence-corrected chi connectivity index (χ3v) is 4.48. The van der Waals surface area contributed by atoms with Gasteiger partial charge in [0.2, 0.25) is 5.91 Å². The van der Waals surface area contributed by atoms with Gasteiger partial charge in [-0.1, -0.05) is 24.3 Å². The van der Waals surface area contributed by atoms with E-state index in [-0.39, 0.29) is 11.9 Å². The highest BCUT2D eigenvalue weighted by molar-refractivity contribution is 5.90. The van der Waals surface area contributed by atoms with Crippen molar-refractivity contribution in [3.63, 3.8) is 0 Å². The lowest BCUT2D eigenvalue weighted by Gasteiger charge is -2.27. The Morgan fingerprint density at radius 3 is 3.09 bits per heavy atom. The molecule has 0 saturated carbocycles. The molecule has 1 aromatic carbocycles. The van der Waals surface area contributed by atoms with E-state index in [0.717, 1.165) is 30.6 Å². The smallest absolute Gasteiger partial charge is 0.225 e. The van der Waals surface area contributed by atoms with Gasteiger partial charge in [0.25, 0.3) is 0 Å². The van der Waals surface area contributed by atoms with Crippen LogP contribution in [0.25, 0.3) is 0 Å². The number of hydrogen-bond donors (Lipinski definition) is 2. The van der Waals surface area contributed by atoms with Crippen LogP contribution in [0.15, 0.2) is 30.5 Å². The third kappa shape index (κ3) is 3.29. The van der Waals surface area contributed by atoms with E-state index in [1.54, 1.807) is 0 Å². The van der Waals surface area contributed by atoms with Crippen molar-refractivity contribution in [1.82, 2.24) is 9.78 Å². The fourth-order valence-corrected chi connectivity index (χ4v) is 3.28. The second-order valence-electron chi connectivity index (χ2n) is 6.17. The quantitative estimate of drug-likeness (QED) is 0.891. The molecule has 0 aliphatic heterocycles. The summed E-state index contributed by atoms with van der Waals surface area (Å²) >= 11 is 0. The highest BCUT2D eigenvalue weighted by atomic mass is 16.1. The van der Waals surface area contributed by atoms with E-state index in [2.05, 4.69) is 34.7 Å². The molecule has 1 heterocycles. The molecule has 5 heteroatoms. The number of benzene rings is 1. The maximum atomic E-state index is 12.1. The topological polar surface area (TPSA) is 72.9 Å². The highest BCUT2D eigenvalue weighted by Gasteiger charge is 2.25. The van der Waals surface area contributed by atoms with Gasteiger partial charge in [-0.25, -0.2) is 4.68 Å². The Labute approximate surface area is 136 Å². The predicted octanol–water partition coefficient (Wildman–Crippen LogP) is 2.79. The van der Waals surface area contributed by atoms with Gasteiger partial charge < -0.3 is 11.1 Å². The van der Waals surface area contributed by atoms with Crippen LogP contribution in [0.1, 0.15) is 48.4 Å². The number of amides is 1. The van der Waals surface area contributed by atoms with Crippen LogP contribution in [-0.2, 0) is 11.2 Å². The number of rotatable bonds is 5. The van der Waals surface area contributed by atoms with Crippen LogP contribution in [0, 0.1) is 6.92 Å². The second-order valence-corrected chi connectivity index (χ2v) is 6.17. The van der Waals surface area contributed by atoms with Crippen molar-refractivity contribution in [2.24, 2.45) is 5.73 Å². The molecule has 3 rings (SSSR count). The first-order valence-corrected chi connectivity index (χ1v) is 8.32. The van der Waals surface area contributed by atoms with E-state index >= 15 is 0 Å². The van der Waals surface area contributed by atoms with E-state index in [4.69, 9.17) is 5.73 Å². The average Bonchev–Trinajstić information content (AvgIpc) is 2.93. The molecule has 0 spiro atoms. The highest BCUT2D eigenvalue weighted by Crippen LogP contribution is 2.35. The minimum atomic E-state index is 0.00407. The van der Waals surface area contributed by atoms with Gasteiger partial charge in [0.05, 0.1) is 12.2 Å². The molecule has 1 atom stereocenters. The molecule has 23 heavy (non-hydrogen) atoms. The minimum absolute atomic E-state index is 0.00407. The predicted molar refractivity (Wildman–Crippen MR) is 91.4 cm³/mol. The first-order valence-electron chi connectivity index (χ1n) is 8.32. The largest absolute Gasteiger partial charge is 0.330 e. The van der Waals surface area contributed by atoms with Crippen molar-refractivity contribution < 1.29 is 4.79 Å². The Morgan fingerprint density at radius 1 is 1.43 bits per heavy atom. The minimum Gasteiger partial charge on any atom is -0.330 e. The Hall–Kier alpha value is -2.14. The van der Waals surface area contributed by atoms with Crippen LogP contribution < -0.4 is 11.1 Å². The number of nitrogens with one attached hydrogen (secondary N) is 1. The normalized spacial score (nSPS) is 16.9. The van der Waals surface area contributed by atoms with Crippen LogP contribution in [0.3, 0.4) is 0 Å². The Balaban J connectivity index is 1.89. The SMILES string of the molecule is Cc1cnn(C2CCCc3ccccc32)c1NC(=O)CCCN. The van der Waals surface area contributed by atoms with Gasteiger partial charge in [0, 0.05) is 12.0 Å². The summed E-state index contributed by atoms with van der Waals surface area (Å²) in [5.74, 6) is 0.818. The molecule has 0 bridgehead atoms. The van der Waals surface area contributed by atoms with Gasteiger partial charge in [-0.05, 0) is 50.3 Å². The number of anilines is 1. The summed E-state index contributed by atoms with van der Waals surface area (Å²) in [6, 6.07) is 8.73. The average molecular weight is 312 g/mol. The van der Waals surface area contributed by atoms with Crippen molar-refractivity contribution in [3.05, 3.63) is 47.2 Å². The first kappa shape index (κ1) is 15.7. The Bertz CT molecular complexity index is 692. The van der Waals surface area contributed by atoms with E-state index in [0.29, 0.717) is 19.4 Å². The van der Waals surface area contributed by atoms with Gasteiger partial charge in [-0.3, -0.25) is 4.79 Å². The van der Waals surface area contributed by atoms with Crippen molar-refractivity contribution >= 4 is 11.7 Å². The van der Waals surface area contributed by atoms with Gasteiger partial charge in [-0.2, -0.15) is 5.10 Å². The molecule has 122 valence electrons. The number of nitrogens with zero attached hydrogens (tertiary/aromatic N) is 2. The number of carbonyl (C=O) groups is 1. The van der Waals surface area contributed by atoms with Crippen LogP contribution in [0.4, 0.5) is 5.82 Å². The van der Waals surface area contributed by atoms with Crippen LogP contribution in [0.5, 0.6) is 0 Å². The molecular formula is C18H24N4O. The maximum absolute atomic E-state index is 12.1. The number of hydrogen-bond acceptors (Lipinski definition) is 3. The molecule has 5 nitrogen and oxygen atoms in total. The molecule has 1 aliphatic carbocycles. The molecule has 1 aromatic heterocycles. The standard InChI is InChI=1S/C18H24N4O/c1-13-12-20-22(18(13)21-17(23)10-5-11-19)16-9-4-7-14-6-2-3-8-15(14)16/h2-3,6,8,12,16H,4-5,7,9-11,19H2,1H3,(H,21,23). The first-order chi connectivity index (χ1) is 11.2. The Morgan fingerprint density at radius 2 is 2.26 bits per heavy atom. The number of carbonyl (C=O) groups excluding carboxylic acids is 1. The van der Waals surface area contributed by atoms with E-state index in [1.807, 2.05) is 17.8 Å². The van der Waals surface area contributed by atoms with Crippen molar-refractivity contribution in [2.75, 3.05) is 11.9 Å². The number of nitrogens with two attached hydrogens (primary N) is 1. The molecule has 1 amide bonds. The zero-order valence-electron chi connectivity index (χ0n) is 13.6. The van der Waals surface area contributed by atoms with Crippen LogP contribution >= 0.6 is 0 Å². The van der Waals surface area contributed by atoms with Crippen molar-refractivity contribution in [1.29, 1.82) is 0 Å². The zero-order valence-corrected chi connectivity index (χ0v) is 13.6. The Kier molecular flexibility index (Phi) is 4.76. The molecule has 1 aliphatic rings. The van der Waals surface area contributed by atoms with Gasteiger partial charge in [-0.15, -0.1) is 0 Å². The maximum Gasteiger partial charge on any atom is 0.225 e. The zero-order chi connectivity index (χ0) is 16.2. The van der Waals surface area contributed by atoms with Crippen LogP contribution in [0.2, 0.25) is 0 Å². The molecule has 0 saturated heterocycles. The van der Waals surface area contributed by atoms with E-state index < -0.39 is 0 Å².